The van der Waals surface area contributed by atoms with Crippen molar-refractivity contribution < 1.29 is 0 Å². The summed E-state index contributed by atoms with van der Waals surface area (Å²) in [4.78, 5) is 0. The molecule has 16 heavy (non-hydrogen) atoms. The van der Waals surface area contributed by atoms with E-state index >= 15 is 0 Å². The van der Waals surface area contributed by atoms with Gasteiger partial charge in [-0.1, -0.05) is 60.9 Å². The molecule has 0 fully saturated rings. The molecule has 0 aliphatic rings. The molecule has 0 unspecified atom stereocenters. The molecule has 0 aromatic carbocycles. The molecule has 0 heterocycles. The second kappa shape index (κ2) is 16.6. The van der Waals surface area contributed by atoms with Gasteiger partial charge in [-0.05, 0) is 45.8 Å². The highest BCUT2D eigenvalue weighted by Gasteiger charge is 1.97. The van der Waals surface area contributed by atoms with Crippen molar-refractivity contribution in [2.75, 3.05) is 0 Å². The highest BCUT2D eigenvalue weighted by molar-refractivity contribution is 5.39. The minimum absolute atomic E-state index is 0. The summed E-state index contributed by atoms with van der Waals surface area (Å²) in [6.45, 7) is 14.4. The standard InChI is InChI=1S/C11H18.5CH4/c1-7-9(4)11(6)10(5)8(2)3;;;;;/h7H,2H2,1,3-6H3;5*1H4/b9-7+,11-10-;;;;;. The third-order valence-electron chi connectivity index (χ3n) is 2.23. The molecule has 0 aliphatic carbocycles. The summed E-state index contributed by atoms with van der Waals surface area (Å²) in [5.74, 6) is 0. The van der Waals surface area contributed by atoms with Crippen molar-refractivity contribution in [3.8, 4) is 0 Å². The third-order valence-corrected chi connectivity index (χ3v) is 2.23. The van der Waals surface area contributed by atoms with E-state index in [9.17, 15) is 0 Å². The quantitative estimate of drug-likeness (QED) is 0.446. The molecule has 0 aromatic rings. The lowest BCUT2D eigenvalue weighted by Gasteiger charge is -2.06. The zero-order valence-electron chi connectivity index (χ0n) is 8.28. The highest BCUT2D eigenvalue weighted by atomic mass is 14.0. The Kier molecular flexibility index (Phi) is 37.7. The van der Waals surface area contributed by atoms with Gasteiger partial charge in [-0.3, -0.25) is 0 Å². The summed E-state index contributed by atoms with van der Waals surface area (Å²) in [6.07, 6.45) is 2.13. The minimum atomic E-state index is 0. The van der Waals surface area contributed by atoms with Crippen LogP contribution in [0.15, 0.2) is 34.9 Å². The first kappa shape index (κ1) is 36.2. The fourth-order valence-corrected chi connectivity index (χ4v) is 0.832. The van der Waals surface area contributed by atoms with Crippen LogP contribution in [-0.4, -0.2) is 0 Å². The maximum absolute atomic E-state index is 3.91. The van der Waals surface area contributed by atoms with E-state index in [-0.39, 0.29) is 37.1 Å². The molecule has 0 bridgehead atoms. The van der Waals surface area contributed by atoms with Gasteiger partial charge in [-0.2, -0.15) is 0 Å². The summed E-state index contributed by atoms with van der Waals surface area (Å²) in [7, 11) is 0. The van der Waals surface area contributed by atoms with Crippen molar-refractivity contribution >= 4 is 0 Å². The number of hydrogen-bond donors (Lipinski definition) is 0. The zero-order valence-corrected chi connectivity index (χ0v) is 8.28. The Balaban J connectivity index is -0.0000000500. The summed E-state index contributed by atoms with van der Waals surface area (Å²) in [6, 6.07) is 0. The average Bonchev–Trinajstić information content (AvgIpc) is 2.00. The van der Waals surface area contributed by atoms with Gasteiger partial charge < -0.3 is 0 Å². The number of allylic oxidation sites excluding steroid dienone is 5. The molecule has 0 aliphatic heterocycles. The molecule has 0 rings (SSSR count). The lowest BCUT2D eigenvalue weighted by molar-refractivity contribution is 1.22. The van der Waals surface area contributed by atoms with E-state index < -0.39 is 0 Å². The topological polar surface area (TPSA) is 0 Å². The first-order valence-electron chi connectivity index (χ1n) is 3.97. The number of rotatable bonds is 2. The number of hydrogen-bond acceptors (Lipinski definition) is 0. The summed E-state index contributed by atoms with van der Waals surface area (Å²) < 4.78 is 0. The smallest absolute Gasteiger partial charge is 0.0393 e. The molecular weight excluding hydrogens is 192 g/mol. The lowest BCUT2D eigenvalue weighted by Crippen LogP contribution is -1.86. The Morgan fingerprint density at radius 3 is 1.25 bits per heavy atom. The lowest BCUT2D eigenvalue weighted by atomic mass is 10.00. The first-order chi connectivity index (χ1) is 5.00. The predicted octanol–water partition coefficient (Wildman–Crippen LogP) is 7.05. The van der Waals surface area contributed by atoms with E-state index in [1.54, 1.807) is 0 Å². The van der Waals surface area contributed by atoms with E-state index in [2.05, 4.69) is 40.3 Å². The molecule has 0 amide bonds. The van der Waals surface area contributed by atoms with Crippen LogP contribution in [0.5, 0.6) is 0 Å². The van der Waals surface area contributed by atoms with Crippen molar-refractivity contribution in [3.63, 3.8) is 0 Å². The maximum Gasteiger partial charge on any atom is -0.0393 e. The van der Waals surface area contributed by atoms with Gasteiger partial charge in [0.2, 0.25) is 0 Å². The van der Waals surface area contributed by atoms with Gasteiger partial charge in [0.25, 0.3) is 0 Å². The van der Waals surface area contributed by atoms with Gasteiger partial charge in [0.15, 0.2) is 0 Å². The fourth-order valence-electron chi connectivity index (χ4n) is 0.832. The van der Waals surface area contributed by atoms with E-state index in [0.717, 1.165) is 5.57 Å². The second-order valence-corrected chi connectivity index (χ2v) is 3.00. The van der Waals surface area contributed by atoms with Crippen molar-refractivity contribution in [2.24, 2.45) is 0 Å². The Bertz CT molecular complexity index is 214. The van der Waals surface area contributed by atoms with E-state index in [1.807, 2.05) is 6.92 Å². The molecule has 102 valence electrons. The molecule has 0 atom stereocenters. The van der Waals surface area contributed by atoms with Crippen LogP contribution in [0.2, 0.25) is 0 Å². The molecule has 0 N–H and O–H groups in total. The van der Waals surface area contributed by atoms with Crippen LogP contribution in [0, 0.1) is 0 Å². The third kappa shape index (κ3) is 11.3. The maximum atomic E-state index is 3.91. The Hall–Kier alpha value is -0.780. The normalized spacial score (nSPS) is 9.94. The van der Waals surface area contributed by atoms with Gasteiger partial charge >= 0.3 is 0 Å². The molecule has 0 radical (unpaired) electrons. The van der Waals surface area contributed by atoms with Gasteiger partial charge in [0, 0.05) is 0 Å². The minimum Gasteiger partial charge on any atom is -0.0958 e. The van der Waals surface area contributed by atoms with Crippen molar-refractivity contribution in [2.45, 2.75) is 71.8 Å². The van der Waals surface area contributed by atoms with Gasteiger partial charge in [-0.25, -0.2) is 0 Å². The van der Waals surface area contributed by atoms with Crippen molar-refractivity contribution in [3.05, 3.63) is 34.9 Å². The van der Waals surface area contributed by atoms with Crippen molar-refractivity contribution in [1.29, 1.82) is 0 Å². The SMILES string of the molecule is C.C.C.C.C.C=C(C)/C(C)=C(C)\C(C)=C\C. The summed E-state index contributed by atoms with van der Waals surface area (Å²) in [5, 5.41) is 0. The van der Waals surface area contributed by atoms with E-state index in [0.29, 0.717) is 0 Å². The van der Waals surface area contributed by atoms with Crippen LogP contribution in [0.25, 0.3) is 0 Å². The Morgan fingerprint density at radius 2 is 1.06 bits per heavy atom. The molecule has 0 nitrogen and oxygen atoms in total. The summed E-state index contributed by atoms with van der Waals surface area (Å²) >= 11 is 0. The molecule has 0 spiro atoms. The Morgan fingerprint density at radius 1 is 0.750 bits per heavy atom. The highest BCUT2D eigenvalue weighted by Crippen LogP contribution is 2.17. The van der Waals surface area contributed by atoms with Gasteiger partial charge in [-0.15, -0.1) is 0 Å². The van der Waals surface area contributed by atoms with Gasteiger partial charge in [0.1, 0.15) is 0 Å². The molecule has 0 saturated heterocycles. The predicted molar refractivity (Wildman–Crippen MR) is 86.3 cm³/mol. The second-order valence-electron chi connectivity index (χ2n) is 3.00. The molecular formula is C16H38. The average molecular weight is 230 g/mol. The van der Waals surface area contributed by atoms with Gasteiger partial charge in [0.05, 0.1) is 0 Å². The van der Waals surface area contributed by atoms with E-state index in [4.69, 9.17) is 0 Å². The van der Waals surface area contributed by atoms with Crippen LogP contribution < -0.4 is 0 Å². The molecule has 0 saturated carbocycles. The molecule has 0 aromatic heterocycles. The van der Waals surface area contributed by atoms with Crippen LogP contribution in [0.1, 0.15) is 71.8 Å². The monoisotopic (exact) mass is 230 g/mol. The Labute approximate surface area is 107 Å². The van der Waals surface area contributed by atoms with Crippen LogP contribution in [-0.2, 0) is 0 Å². The van der Waals surface area contributed by atoms with E-state index in [1.165, 1.54) is 16.7 Å². The zero-order chi connectivity index (χ0) is 9.02. The summed E-state index contributed by atoms with van der Waals surface area (Å²) in [5.41, 5.74) is 5.15. The van der Waals surface area contributed by atoms with Crippen LogP contribution >= 0.6 is 0 Å². The molecule has 0 heteroatoms. The largest absolute Gasteiger partial charge is 0.0958 e. The van der Waals surface area contributed by atoms with Crippen LogP contribution in [0.3, 0.4) is 0 Å². The first-order valence-corrected chi connectivity index (χ1v) is 3.97. The van der Waals surface area contributed by atoms with Crippen molar-refractivity contribution in [1.82, 2.24) is 0 Å². The van der Waals surface area contributed by atoms with Crippen LogP contribution in [0.4, 0.5) is 0 Å². The fraction of sp³-hybridized carbons (Fsp3) is 0.625.